The van der Waals surface area contributed by atoms with Crippen molar-refractivity contribution < 1.29 is 5.32 Å². The van der Waals surface area contributed by atoms with Gasteiger partial charge >= 0.3 is 0 Å². The van der Waals surface area contributed by atoms with Gasteiger partial charge in [0.2, 0.25) is 0 Å². The third-order valence-electron chi connectivity index (χ3n) is 2.78. The van der Waals surface area contributed by atoms with Crippen LogP contribution < -0.4 is 5.32 Å². The summed E-state index contributed by atoms with van der Waals surface area (Å²) in [5.74, 6) is 0. The Balaban J connectivity index is 1.90. The van der Waals surface area contributed by atoms with E-state index in [0.717, 1.165) is 6.04 Å². The average molecular weight is 177 g/mol. The van der Waals surface area contributed by atoms with Gasteiger partial charge in [-0.3, -0.25) is 4.98 Å². The fourth-order valence-corrected chi connectivity index (χ4v) is 2.03. The summed E-state index contributed by atoms with van der Waals surface area (Å²) in [4.78, 5) is 4.03. The zero-order chi connectivity index (χ0) is 8.93. The molecule has 1 aliphatic rings. The van der Waals surface area contributed by atoms with Crippen LogP contribution in [0, 0.1) is 0 Å². The van der Waals surface area contributed by atoms with E-state index in [-0.39, 0.29) is 0 Å². The average Bonchev–Trinajstić information content (AvgIpc) is 2.21. The van der Waals surface area contributed by atoms with Gasteiger partial charge < -0.3 is 5.32 Å². The third-order valence-corrected chi connectivity index (χ3v) is 2.78. The molecule has 1 atom stereocenters. The number of nitrogens with two attached hydrogens (primary N) is 1. The number of piperidine rings is 1. The standard InChI is InChI=1S/C11H16N2/c1-2-6-13-11(3-1)9-10-4-7-12-8-5-10/h4-5,7-8,11,13H,1-3,6,9H2/p+1/t11-/m0/s1. The molecule has 2 nitrogen and oxygen atoms in total. The summed E-state index contributed by atoms with van der Waals surface area (Å²) in [6.07, 6.45) is 9.17. The predicted octanol–water partition coefficient (Wildman–Crippen LogP) is 0.740. The number of hydrogen-bond acceptors (Lipinski definition) is 1. The molecular formula is C11H17N2+. The van der Waals surface area contributed by atoms with E-state index in [4.69, 9.17) is 0 Å². The molecule has 0 unspecified atom stereocenters. The lowest BCUT2D eigenvalue weighted by atomic mass is 9.98. The Morgan fingerprint density at radius 3 is 2.85 bits per heavy atom. The lowest BCUT2D eigenvalue weighted by Crippen LogP contribution is -2.91. The summed E-state index contributed by atoms with van der Waals surface area (Å²) in [6, 6.07) is 5.07. The molecule has 0 aliphatic carbocycles. The van der Waals surface area contributed by atoms with Gasteiger partial charge in [0.15, 0.2) is 0 Å². The van der Waals surface area contributed by atoms with Crippen molar-refractivity contribution in [1.29, 1.82) is 0 Å². The van der Waals surface area contributed by atoms with Gasteiger partial charge in [-0.15, -0.1) is 0 Å². The van der Waals surface area contributed by atoms with Crippen molar-refractivity contribution in [3.63, 3.8) is 0 Å². The highest BCUT2D eigenvalue weighted by atomic mass is 14.9. The van der Waals surface area contributed by atoms with Crippen molar-refractivity contribution >= 4 is 0 Å². The minimum Gasteiger partial charge on any atom is -0.344 e. The number of pyridine rings is 1. The van der Waals surface area contributed by atoms with E-state index in [1.54, 1.807) is 0 Å². The molecule has 0 saturated carbocycles. The fraction of sp³-hybridized carbons (Fsp3) is 0.545. The molecule has 0 radical (unpaired) electrons. The van der Waals surface area contributed by atoms with Gasteiger partial charge in [-0.05, 0) is 37.0 Å². The van der Waals surface area contributed by atoms with E-state index >= 15 is 0 Å². The monoisotopic (exact) mass is 177 g/mol. The van der Waals surface area contributed by atoms with Crippen LogP contribution in [-0.4, -0.2) is 17.6 Å². The molecule has 0 spiro atoms. The quantitative estimate of drug-likeness (QED) is 0.709. The molecule has 1 fully saturated rings. The van der Waals surface area contributed by atoms with Crippen LogP contribution in [0.15, 0.2) is 24.5 Å². The first kappa shape index (κ1) is 8.70. The molecule has 2 rings (SSSR count). The van der Waals surface area contributed by atoms with E-state index < -0.39 is 0 Å². The SMILES string of the molecule is c1cc(C[C@@H]2CCCC[NH2+]2)ccn1. The Labute approximate surface area is 79.4 Å². The molecule has 2 N–H and O–H groups in total. The van der Waals surface area contributed by atoms with Crippen LogP contribution in [0.4, 0.5) is 0 Å². The Morgan fingerprint density at radius 2 is 2.15 bits per heavy atom. The van der Waals surface area contributed by atoms with Gasteiger partial charge in [-0.25, -0.2) is 0 Å². The predicted molar refractivity (Wildman–Crippen MR) is 52.4 cm³/mol. The zero-order valence-electron chi connectivity index (χ0n) is 7.95. The van der Waals surface area contributed by atoms with E-state index in [0.29, 0.717) is 0 Å². The van der Waals surface area contributed by atoms with Crippen molar-refractivity contribution in [2.75, 3.05) is 6.54 Å². The van der Waals surface area contributed by atoms with Gasteiger partial charge in [-0.1, -0.05) is 0 Å². The lowest BCUT2D eigenvalue weighted by molar-refractivity contribution is -0.697. The van der Waals surface area contributed by atoms with E-state index in [2.05, 4.69) is 22.4 Å². The van der Waals surface area contributed by atoms with Crippen molar-refractivity contribution in [1.82, 2.24) is 4.98 Å². The summed E-state index contributed by atoms with van der Waals surface area (Å²) < 4.78 is 0. The van der Waals surface area contributed by atoms with Crippen molar-refractivity contribution in [2.45, 2.75) is 31.7 Å². The summed E-state index contributed by atoms with van der Waals surface area (Å²) in [5.41, 5.74) is 1.43. The second-order valence-electron chi connectivity index (χ2n) is 3.84. The van der Waals surface area contributed by atoms with Crippen LogP contribution in [0.5, 0.6) is 0 Å². The smallest absolute Gasteiger partial charge is 0.0900 e. The van der Waals surface area contributed by atoms with Crippen LogP contribution in [-0.2, 0) is 6.42 Å². The summed E-state index contributed by atoms with van der Waals surface area (Å²) >= 11 is 0. The van der Waals surface area contributed by atoms with Crippen LogP contribution in [0.25, 0.3) is 0 Å². The molecule has 13 heavy (non-hydrogen) atoms. The number of hydrogen-bond donors (Lipinski definition) is 1. The maximum Gasteiger partial charge on any atom is 0.0900 e. The van der Waals surface area contributed by atoms with Crippen LogP contribution in [0.2, 0.25) is 0 Å². The fourth-order valence-electron chi connectivity index (χ4n) is 2.03. The molecule has 0 aromatic carbocycles. The highest BCUT2D eigenvalue weighted by molar-refractivity contribution is 5.10. The van der Waals surface area contributed by atoms with E-state index in [9.17, 15) is 0 Å². The van der Waals surface area contributed by atoms with Crippen LogP contribution in [0.1, 0.15) is 24.8 Å². The van der Waals surface area contributed by atoms with Gasteiger partial charge in [0, 0.05) is 18.8 Å². The molecule has 0 bridgehead atoms. The van der Waals surface area contributed by atoms with E-state index in [1.165, 1.54) is 37.8 Å². The van der Waals surface area contributed by atoms with Crippen molar-refractivity contribution in [3.8, 4) is 0 Å². The van der Waals surface area contributed by atoms with E-state index in [1.807, 2.05) is 12.4 Å². The highest BCUT2D eigenvalue weighted by Gasteiger charge is 2.15. The van der Waals surface area contributed by atoms with Gasteiger partial charge in [0.05, 0.1) is 12.6 Å². The summed E-state index contributed by atoms with van der Waals surface area (Å²) in [7, 11) is 0. The first-order chi connectivity index (χ1) is 6.45. The van der Waals surface area contributed by atoms with Gasteiger partial charge in [0.1, 0.15) is 0 Å². The summed E-state index contributed by atoms with van der Waals surface area (Å²) in [5, 5.41) is 2.49. The Kier molecular flexibility index (Phi) is 2.93. The molecule has 1 aromatic heterocycles. The maximum absolute atomic E-state index is 4.03. The second-order valence-corrected chi connectivity index (χ2v) is 3.84. The Morgan fingerprint density at radius 1 is 1.31 bits per heavy atom. The number of nitrogens with zero attached hydrogens (tertiary/aromatic N) is 1. The molecule has 1 aliphatic heterocycles. The molecular weight excluding hydrogens is 160 g/mol. The minimum absolute atomic E-state index is 0.816. The largest absolute Gasteiger partial charge is 0.344 e. The van der Waals surface area contributed by atoms with Crippen LogP contribution in [0.3, 0.4) is 0 Å². The normalized spacial score (nSPS) is 22.9. The highest BCUT2D eigenvalue weighted by Crippen LogP contribution is 2.07. The van der Waals surface area contributed by atoms with Gasteiger partial charge in [-0.2, -0.15) is 0 Å². The molecule has 1 saturated heterocycles. The molecule has 0 amide bonds. The van der Waals surface area contributed by atoms with Crippen molar-refractivity contribution in [2.24, 2.45) is 0 Å². The Bertz CT molecular complexity index is 240. The topological polar surface area (TPSA) is 29.5 Å². The number of aromatic nitrogens is 1. The van der Waals surface area contributed by atoms with Crippen LogP contribution >= 0.6 is 0 Å². The number of quaternary nitrogens is 1. The van der Waals surface area contributed by atoms with Crippen molar-refractivity contribution in [3.05, 3.63) is 30.1 Å². The molecule has 2 heteroatoms. The molecule has 2 heterocycles. The first-order valence-electron chi connectivity index (χ1n) is 5.17. The number of rotatable bonds is 2. The van der Waals surface area contributed by atoms with Gasteiger partial charge in [0.25, 0.3) is 0 Å². The second kappa shape index (κ2) is 4.38. The molecule has 1 aromatic rings. The minimum atomic E-state index is 0.816. The lowest BCUT2D eigenvalue weighted by Gasteiger charge is -2.19. The Hall–Kier alpha value is -0.890. The third kappa shape index (κ3) is 2.52. The first-order valence-corrected chi connectivity index (χ1v) is 5.17. The zero-order valence-corrected chi connectivity index (χ0v) is 7.95. The summed E-state index contributed by atoms with van der Waals surface area (Å²) in [6.45, 7) is 1.32. The maximum atomic E-state index is 4.03. The molecule has 70 valence electrons.